The zero-order valence-corrected chi connectivity index (χ0v) is 12.0. The third-order valence-electron chi connectivity index (χ3n) is 3.13. The minimum absolute atomic E-state index is 0.539. The van der Waals surface area contributed by atoms with Crippen molar-refractivity contribution < 1.29 is 9.47 Å². The smallest absolute Gasteiger partial charge is 0.127 e. The Morgan fingerprint density at radius 1 is 1.22 bits per heavy atom. The maximum Gasteiger partial charge on any atom is 0.127 e. The molecule has 1 N–H and O–H groups in total. The molecule has 0 aliphatic carbocycles. The van der Waals surface area contributed by atoms with E-state index in [0.717, 1.165) is 18.0 Å². The van der Waals surface area contributed by atoms with Crippen molar-refractivity contribution in [1.29, 1.82) is 0 Å². The Labute approximate surface area is 110 Å². The summed E-state index contributed by atoms with van der Waals surface area (Å²) in [7, 11) is 3.36. The van der Waals surface area contributed by atoms with Crippen molar-refractivity contribution in [2.75, 3.05) is 14.2 Å². The second-order valence-electron chi connectivity index (χ2n) is 4.60. The molecule has 3 heteroatoms. The number of nitrogens with one attached hydrogen (secondary N) is 1. The van der Waals surface area contributed by atoms with Crippen LogP contribution < -0.4 is 14.8 Å². The van der Waals surface area contributed by atoms with Gasteiger partial charge in [0.25, 0.3) is 0 Å². The van der Waals surface area contributed by atoms with Crippen LogP contribution in [0.15, 0.2) is 18.2 Å². The lowest BCUT2D eigenvalue weighted by atomic mass is 10.1. The largest absolute Gasteiger partial charge is 0.497 e. The van der Waals surface area contributed by atoms with Crippen LogP contribution in [0.25, 0.3) is 0 Å². The van der Waals surface area contributed by atoms with Gasteiger partial charge in [-0.25, -0.2) is 0 Å². The third-order valence-corrected chi connectivity index (χ3v) is 3.13. The summed E-state index contributed by atoms with van der Waals surface area (Å²) in [4.78, 5) is 0. The number of hydrogen-bond donors (Lipinski definition) is 1. The van der Waals surface area contributed by atoms with Crippen LogP contribution in [0.5, 0.6) is 11.5 Å². The van der Waals surface area contributed by atoms with Gasteiger partial charge < -0.3 is 14.8 Å². The van der Waals surface area contributed by atoms with Crippen molar-refractivity contribution >= 4 is 0 Å². The number of methoxy groups -OCH3 is 2. The lowest BCUT2D eigenvalue weighted by molar-refractivity contribution is 0.388. The Kier molecular flexibility index (Phi) is 6.58. The lowest BCUT2D eigenvalue weighted by Crippen LogP contribution is -2.25. The van der Waals surface area contributed by atoms with Crippen LogP contribution in [-0.2, 0) is 6.54 Å². The Hall–Kier alpha value is -1.22. The van der Waals surface area contributed by atoms with E-state index in [1.54, 1.807) is 14.2 Å². The molecule has 0 aliphatic rings. The second kappa shape index (κ2) is 7.98. The van der Waals surface area contributed by atoms with Crippen LogP contribution in [0.1, 0.15) is 38.7 Å². The molecule has 0 radical (unpaired) electrons. The highest BCUT2D eigenvalue weighted by atomic mass is 16.5. The predicted molar refractivity (Wildman–Crippen MR) is 75.4 cm³/mol. The highest BCUT2D eigenvalue weighted by Crippen LogP contribution is 2.24. The fourth-order valence-corrected chi connectivity index (χ4v) is 1.89. The normalized spacial score (nSPS) is 12.2. The average Bonchev–Trinajstić information content (AvgIpc) is 2.42. The minimum atomic E-state index is 0.539. The van der Waals surface area contributed by atoms with Gasteiger partial charge in [0, 0.05) is 24.2 Å². The molecule has 102 valence electrons. The van der Waals surface area contributed by atoms with E-state index in [-0.39, 0.29) is 0 Å². The van der Waals surface area contributed by atoms with Crippen LogP contribution in [0.3, 0.4) is 0 Å². The first-order valence-electron chi connectivity index (χ1n) is 6.65. The van der Waals surface area contributed by atoms with E-state index in [2.05, 4.69) is 25.2 Å². The summed E-state index contributed by atoms with van der Waals surface area (Å²) in [5.41, 5.74) is 1.17. The molecule has 1 rings (SSSR count). The van der Waals surface area contributed by atoms with Crippen molar-refractivity contribution in [3.05, 3.63) is 23.8 Å². The quantitative estimate of drug-likeness (QED) is 0.768. The molecule has 0 aliphatic heterocycles. The van der Waals surface area contributed by atoms with Gasteiger partial charge in [-0.3, -0.25) is 0 Å². The molecule has 1 atom stereocenters. The first kappa shape index (κ1) is 14.8. The summed E-state index contributed by atoms with van der Waals surface area (Å²) in [6.07, 6.45) is 3.74. The molecule has 0 saturated heterocycles. The number of ether oxygens (including phenoxy) is 2. The van der Waals surface area contributed by atoms with E-state index in [0.29, 0.717) is 6.04 Å². The van der Waals surface area contributed by atoms with Crippen LogP contribution in [0.2, 0.25) is 0 Å². The number of benzene rings is 1. The molecular weight excluding hydrogens is 226 g/mol. The van der Waals surface area contributed by atoms with Crippen molar-refractivity contribution in [3.8, 4) is 11.5 Å². The summed E-state index contributed by atoms with van der Waals surface area (Å²) in [6, 6.07) is 6.48. The summed E-state index contributed by atoms with van der Waals surface area (Å²) in [6.45, 7) is 5.28. The second-order valence-corrected chi connectivity index (χ2v) is 4.60. The molecule has 3 nitrogen and oxygen atoms in total. The number of hydrogen-bond acceptors (Lipinski definition) is 3. The SMILES string of the molecule is CCCCC(C)NCc1ccc(OC)cc1OC. The molecular formula is C15H25NO2. The topological polar surface area (TPSA) is 30.5 Å². The number of rotatable bonds is 8. The van der Waals surface area contributed by atoms with Gasteiger partial charge in [-0.05, 0) is 19.4 Å². The molecule has 0 heterocycles. The standard InChI is InChI=1S/C15H25NO2/c1-5-6-7-12(2)16-11-13-8-9-14(17-3)10-15(13)18-4/h8-10,12,16H,5-7,11H2,1-4H3. The first-order chi connectivity index (χ1) is 8.71. The molecule has 0 bridgehead atoms. The molecule has 0 amide bonds. The average molecular weight is 251 g/mol. The predicted octanol–water partition coefficient (Wildman–Crippen LogP) is 3.37. The Bertz CT molecular complexity index is 352. The summed E-state index contributed by atoms with van der Waals surface area (Å²) in [5, 5.41) is 3.53. The molecule has 18 heavy (non-hydrogen) atoms. The molecule has 1 unspecified atom stereocenters. The fraction of sp³-hybridized carbons (Fsp3) is 0.600. The summed E-state index contributed by atoms with van der Waals surface area (Å²) in [5.74, 6) is 1.71. The molecule has 0 fully saturated rings. The van der Waals surface area contributed by atoms with E-state index >= 15 is 0 Å². The molecule has 1 aromatic rings. The highest BCUT2D eigenvalue weighted by molar-refractivity contribution is 5.40. The zero-order chi connectivity index (χ0) is 13.4. The lowest BCUT2D eigenvalue weighted by Gasteiger charge is -2.15. The Morgan fingerprint density at radius 2 is 2.00 bits per heavy atom. The molecule has 0 aromatic heterocycles. The van der Waals surface area contributed by atoms with Gasteiger partial charge in [-0.1, -0.05) is 25.8 Å². The van der Waals surface area contributed by atoms with Crippen LogP contribution >= 0.6 is 0 Å². The summed E-state index contributed by atoms with van der Waals surface area (Å²) < 4.78 is 10.6. The Morgan fingerprint density at radius 3 is 2.61 bits per heavy atom. The highest BCUT2D eigenvalue weighted by Gasteiger charge is 2.06. The fourth-order valence-electron chi connectivity index (χ4n) is 1.89. The molecule has 0 spiro atoms. The van der Waals surface area contributed by atoms with Crippen LogP contribution in [-0.4, -0.2) is 20.3 Å². The van der Waals surface area contributed by atoms with Gasteiger partial charge >= 0.3 is 0 Å². The van der Waals surface area contributed by atoms with E-state index in [1.165, 1.54) is 24.8 Å². The molecule has 1 aromatic carbocycles. The molecule has 0 saturated carbocycles. The van der Waals surface area contributed by atoms with Crippen LogP contribution in [0, 0.1) is 0 Å². The maximum absolute atomic E-state index is 5.38. The van der Waals surface area contributed by atoms with E-state index < -0.39 is 0 Å². The summed E-state index contributed by atoms with van der Waals surface area (Å²) >= 11 is 0. The van der Waals surface area contributed by atoms with Gasteiger partial charge in [0.15, 0.2) is 0 Å². The minimum Gasteiger partial charge on any atom is -0.497 e. The van der Waals surface area contributed by atoms with Crippen molar-refractivity contribution in [2.45, 2.75) is 45.7 Å². The van der Waals surface area contributed by atoms with E-state index in [1.807, 2.05) is 12.1 Å². The Balaban J connectivity index is 2.55. The van der Waals surface area contributed by atoms with Gasteiger partial charge in [0.1, 0.15) is 11.5 Å². The van der Waals surface area contributed by atoms with Gasteiger partial charge in [-0.2, -0.15) is 0 Å². The van der Waals surface area contributed by atoms with E-state index in [4.69, 9.17) is 9.47 Å². The van der Waals surface area contributed by atoms with Crippen molar-refractivity contribution in [1.82, 2.24) is 5.32 Å². The van der Waals surface area contributed by atoms with E-state index in [9.17, 15) is 0 Å². The third kappa shape index (κ3) is 4.57. The van der Waals surface area contributed by atoms with Gasteiger partial charge in [0.05, 0.1) is 14.2 Å². The maximum atomic E-state index is 5.38. The van der Waals surface area contributed by atoms with Crippen molar-refractivity contribution in [3.63, 3.8) is 0 Å². The monoisotopic (exact) mass is 251 g/mol. The van der Waals surface area contributed by atoms with Crippen LogP contribution in [0.4, 0.5) is 0 Å². The van der Waals surface area contributed by atoms with Gasteiger partial charge in [-0.15, -0.1) is 0 Å². The zero-order valence-electron chi connectivity index (χ0n) is 12.0. The first-order valence-corrected chi connectivity index (χ1v) is 6.65. The number of unbranched alkanes of at least 4 members (excludes halogenated alkanes) is 1. The van der Waals surface area contributed by atoms with Crippen molar-refractivity contribution in [2.24, 2.45) is 0 Å². The van der Waals surface area contributed by atoms with Gasteiger partial charge in [0.2, 0.25) is 0 Å².